The van der Waals surface area contributed by atoms with Gasteiger partial charge in [0.25, 0.3) is 0 Å². The van der Waals surface area contributed by atoms with Gasteiger partial charge in [0, 0.05) is 34.4 Å². The normalized spacial score (nSPS) is 27.3. The van der Waals surface area contributed by atoms with Gasteiger partial charge >= 0.3 is 0 Å². The highest BCUT2D eigenvalue weighted by molar-refractivity contribution is 5.64. The highest BCUT2D eigenvalue weighted by Crippen LogP contribution is 2.33. The summed E-state index contributed by atoms with van der Waals surface area (Å²) in [4.78, 5) is 0. The van der Waals surface area contributed by atoms with E-state index in [-0.39, 0.29) is 42.9 Å². The first kappa shape index (κ1) is 39.3. The fraction of sp³-hybridized carbons (Fsp3) is 0.526. The lowest BCUT2D eigenvalue weighted by atomic mass is 10.0. The Morgan fingerprint density at radius 1 is 0.380 bits per heavy atom. The van der Waals surface area contributed by atoms with Crippen LogP contribution in [0.2, 0.25) is 0 Å². The van der Waals surface area contributed by atoms with E-state index in [1.165, 1.54) is 11.1 Å². The molecule has 0 aromatic heterocycles. The van der Waals surface area contributed by atoms with Crippen LogP contribution in [0.1, 0.15) is 0 Å². The first-order chi connectivity index (χ1) is 24.4. The number of benzene rings is 3. The molecule has 12 nitrogen and oxygen atoms in total. The standard InChI is InChI=1S/C14H14O2.2C8H14O4.C8H10O2/c1-15-13-7-3-11(4-8-13)12-5-9-14(16-2)10-6-12;1-9-5-3-11-8-6(10-2)4-12-7(5)8;1-9-6-4-11-7-5(6)3-12-8(7)10-2;1-9-7-3-5-8(10-2)6-4-7/h3-10H,1-2H3;2*5-8H,3-4H2,1-2H3;3-6H,1-2H3/t;5-,6+,7?,8?;5-,6-,7+,8-;/m..1./s1. The summed E-state index contributed by atoms with van der Waals surface area (Å²) in [5, 5.41) is 0. The molecule has 0 spiro atoms. The van der Waals surface area contributed by atoms with E-state index in [0.29, 0.717) is 32.3 Å². The highest BCUT2D eigenvalue weighted by Gasteiger charge is 2.49. The van der Waals surface area contributed by atoms with Gasteiger partial charge in [-0.25, -0.2) is 0 Å². The molecule has 0 bridgehead atoms. The molecule has 2 unspecified atom stereocenters. The van der Waals surface area contributed by atoms with Crippen LogP contribution >= 0.6 is 0 Å². The van der Waals surface area contributed by atoms with E-state index in [0.717, 1.165) is 23.0 Å². The van der Waals surface area contributed by atoms with Gasteiger partial charge in [0.1, 0.15) is 53.5 Å². The SMILES string of the molecule is CO[C@@H]1OC[C@H]2[C@@H]1OC[C@H]2OC.CO[C@H]1COC2C1OC[C@H]2OC.COc1ccc(-c2ccc(OC)cc2)cc1.COc1ccc(OC)cc1. The molecule has 50 heavy (non-hydrogen) atoms. The lowest BCUT2D eigenvalue weighted by Crippen LogP contribution is -2.32. The number of fused-ring (bicyclic) bond motifs is 2. The second-order valence-corrected chi connectivity index (χ2v) is 11.7. The Morgan fingerprint density at radius 2 is 0.720 bits per heavy atom. The average molecular weight is 701 g/mol. The summed E-state index contributed by atoms with van der Waals surface area (Å²) >= 11 is 0. The second-order valence-electron chi connectivity index (χ2n) is 11.7. The topological polar surface area (TPSA) is 111 Å². The van der Waals surface area contributed by atoms with E-state index >= 15 is 0 Å². The van der Waals surface area contributed by atoms with Crippen LogP contribution in [0.15, 0.2) is 72.8 Å². The van der Waals surface area contributed by atoms with E-state index in [4.69, 9.17) is 56.8 Å². The Kier molecular flexibility index (Phi) is 16.0. The third-order valence-corrected chi connectivity index (χ3v) is 8.99. The fourth-order valence-corrected chi connectivity index (χ4v) is 6.01. The van der Waals surface area contributed by atoms with Crippen molar-refractivity contribution in [1.29, 1.82) is 0 Å². The quantitative estimate of drug-likeness (QED) is 0.303. The van der Waals surface area contributed by atoms with Crippen LogP contribution in [-0.2, 0) is 37.9 Å². The van der Waals surface area contributed by atoms with E-state index < -0.39 is 0 Å². The predicted octanol–water partition coefficient (Wildman–Crippen LogP) is 4.91. The smallest absolute Gasteiger partial charge is 0.183 e. The minimum absolute atomic E-state index is 0.0694. The lowest BCUT2D eigenvalue weighted by molar-refractivity contribution is -0.144. The van der Waals surface area contributed by atoms with Crippen molar-refractivity contribution in [3.8, 4) is 34.1 Å². The first-order valence-corrected chi connectivity index (χ1v) is 16.5. The van der Waals surface area contributed by atoms with Crippen LogP contribution in [0, 0.1) is 5.92 Å². The Labute approximate surface area is 295 Å². The molecule has 0 amide bonds. The van der Waals surface area contributed by atoms with Gasteiger partial charge in [0.05, 0.1) is 61.0 Å². The maximum Gasteiger partial charge on any atom is 0.183 e. The van der Waals surface area contributed by atoms with Crippen LogP contribution in [0.5, 0.6) is 23.0 Å². The monoisotopic (exact) mass is 700 g/mol. The molecule has 3 aromatic carbocycles. The summed E-state index contributed by atoms with van der Waals surface area (Å²) in [5.74, 6) is 3.79. The van der Waals surface area contributed by atoms with Gasteiger partial charge in [-0.2, -0.15) is 0 Å². The van der Waals surface area contributed by atoms with Crippen molar-refractivity contribution in [3.63, 3.8) is 0 Å². The minimum Gasteiger partial charge on any atom is -0.497 e. The van der Waals surface area contributed by atoms with E-state index in [2.05, 4.69) is 0 Å². The third-order valence-electron chi connectivity index (χ3n) is 8.99. The molecule has 0 radical (unpaired) electrons. The molecule has 4 heterocycles. The molecule has 4 saturated heterocycles. The summed E-state index contributed by atoms with van der Waals surface area (Å²) < 4.78 is 62.9. The van der Waals surface area contributed by atoms with Crippen molar-refractivity contribution in [2.24, 2.45) is 5.92 Å². The van der Waals surface area contributed by atoms with Gasteiger partial charge < -0.3 is 56.8 Å². The minimum atomic E-state index is -0.199. The Hall–Kier alpha value is -3.46. The molecular weight excluding hydrogens is 648 g/mol. The molecule has 7 rings (SSSR count). The highest BCUT2D eigenvalue weighted by atomic mass is 16.7. The first-order valence-electron chi connectivity index (χ1n) is 16.5. The molecule has 12 heteroatoms. The molecule has 3 aromatic rings. The van der Waals surface area contributed by atoms with E-state index in [1.54, 1.807) is 56.9 Å². The second kappa shape index (κ2) is 20.4. The molecule has 0 saturated carbocycles. The van der Waals surface area contributed by atoms with Gasteiger partial charge in [-0.05, 0) is 59.7 Å². The summed E-state index contributed by atoms with van der Waals surface area (Å²) in [6, 6.07) is 23.4. The molecule has 276 valence electrons. The third kappa shape index (κ3) is 10.3. The largest absolute Gasteiger partial charge is 0.497 e. The molecule has 4 fully saturated rings. The van der Waals surface area contributed by atoms with Crippen LogP contribution in [0.3, 0.4) is 0 Å². The van der Waals surface area contributed by atoms with Crippen molar-refractivity contribution in [2.75, 3.05) is 83.3 Å². The predicted molar refractivity (Wildman–Crippen MR) is 186 cm³/mol. The molecular formula is C38H52O12. The summed E-state index contributed by atoms with van der Waals surface area (Å²) in [6.45, 7) is 2.58. The lowest BCUT2D eigenvalue weighted by Gasteiger charge is -2.14. The molecule has 8 atom stereocenters. The number of hydrogen-bond acceptors (Lipinski definition) is 12. The van der Waals surface area contributed by atoms with Crippen molar-refractivity contribution < 1.29 is 56.8 Å². The van der Waals surface area contributed by atoms with Gasteiger partial charge in [-0.15, -0.1) is 0 Å². The van der Waals surface area contributed by atoms with Gasteiger partial charge in [-0.1, -0.05) is 24.3 Å². The van der Waals surface area contributed by atoms with Crippen molar-refractivity contribution in [1.82, 2.24) is 0 Å². The fourth-order valence-electron chi connectivity index (χ4n) is 6.01. The van der Waals surface area contributed by atoms with E-state index in [1.807, 2.05) is 72.8 Å². The van der Waals surface area contributed by atoms with Crippen molar-refractivity contribution in [2.45, 2.75) is 42.9 Å². The van der Waals surface area contributed by atoms with Crippen LogP contribution in [0.25, 0.3) is 11.1 Å². The Bertz CT molecular complexity index is 1210. The van der Waals surface area contributed by atoms with Crippen molar-refractivity contribution in [3.05, 3.63) is 72.8 Å². The van der Waals surface area contributed by atoms with Crippen LogP contribution in [0.4, 0.5) is 0 Å². The summed E-state index contributed by atoms with van der Waals surface area (Å²) in [6.07, 6.45) is 0.343. The molecule has 0 N–H and O–H groups in total. The van der Waals surface area contributed by atoms with Gasteiger partial charge in [0.15, 0.2) is 6.29 Å². The van der Waals surface area contributed by atoms with Crippen LogP contribution < -0.4 is 18.9 Å². The zero-order valence-corrected chi connectivity index (χ0v) is 30.3. The van der Waals surface area contributed by atoms with Crippen molar-refractivity contribution >= 4 is 0 Å². The van der Waals surface area contributed by atoms with Gasteiger partial charge in [0.2, 0.25) is 0 Å². The van der Waals surface area contributed by atoms with E-state index in [9.17, 15) is 0 Å². The Morgan fingerprint density at radius 3 is 1.06 bits per heavy atom. The molecule has 4 aliphatic heterocycles. The van der Waals surface area contributed by atoms with Gasteiger partial charge in [-0.3, -0.25) is 0 Å². The number of ether oxygens (including phenoxy) is 12. The molecule has 0 aliphatic carbocycles. The number of hydrogen-bond donors (Lipinski definition) is 0. The Balaban J connectivity index is 0.000000152. The number of methoxy groups -OCH3 is 8. The average Bonchev–Trinajstić information content (AvgIpc) is 3.98. The summed E-state index contributed by atoms with van der Waals surface area (Å²) in [5.41, 5.74) is 2.34. The maximum atomic E-state index is 5.51. The summed E-state index contributed by atoms with van der Waals surface area (Å²) in [7, 11) is 13.3. The van der Waals surface area contributed by atoms with Crippen LogP contribution in [-0.4, -0.2) is 126 Å². The maximum absolute atomic E-state index is 5.51. The molecule has 4 aliphatic rings. The zero-order valence-electron chi connectivity index (χ0n) is 30.3. The number of rotatable bonds is 9. The zero-order chi connectivity index (χ0) is 35.9.